The van der Waals surface area contributed by atoms with Crippen LogP contribution in [0, 0.1) is 6.92 Å². The van der Waals surface area contributed by atoms with E-state index in [9.17, 15) is 4.21 Å². The van der Waals surface area contributed by atoms with Crippen molar-refractivity contribution in [1.82, 2.24) is 9.97 Å². The van der Waals surface area contributed by atoms with Gasteiger partial charge in [0.05, 0.1) is 0 Å². The van der Waals surface area contributed by atoms with E-state index >= 15 is 0 Å². The standard InChI is InChI=1S/C10H19N5OS/c1-7-6-9(14-10(13-7)15-11)12-5-4-8(2)17(3)16/h6,8H,4-5,11H2,1-3H3,(H2,12,13,14,15). The average molecular weight is 257 g/mol. The number of nitrogen functional groups attached to an aromatic ring is 1. The summed E-state index contributed by atoms with van der Waals surface area (Å²) >= 11 is 0. The number of nitrogens with zero attached hydrogens (tertiary/aromatic N) is 2. The van der Waals surface area contributed by atoms with Gasteiger partial charge in [0.2, 0.25) is 5.95 Å². The van der Waals surface area contributed by atoms with Crippen LogP contribution in [-0.4, -0.2) is 32.2 Å². The van der Waals surface area contributed by atoms with Crippen LogP contribution in [0.5, 0.6) is 0 Å². The molecule has 6 nitrogen and oxygen atoms in total. The first-order valence-corrected chi connectivity index (χ1v) is 7.03. The monoisotopic (exact) mass is 257 g/mol. The largest absolute Gasteiger partial charge is 0.370 e. The van der Waals surface area contributed by atoms with Crippen molar-refractivity contribution < 1.29 is 4.21 Å². The highest BCUT2D eigenvalue weighted by Crippen LogP contribution is 2.09. The molecule has 0 amide bonds. The summed E-state index contributed by atoms with van der Waals surface area (Å²) in [6, 6.07) is 1.84. The van der Waals surface area contributed by atoms with Crippen molar-refractivity contribution >= 4 is 22.6 Å². The van der Waals surface area contributed by atoms with Gasteiger partial charge < -0.3 is 5.32 Å². The van der Waals surface area contributed by atoms with Gasteiger partial charge in [0.1, 0.15) is 5.82 Å². The van der Waals surface area contributed by atoms with Crippen molar-refractivity contribution in [3.63, 3.8) is 0 Å². The van der Waals surface area contributed by atoms with E-state index in [-0.39, 0.29) is 5.25 Å². The first-order valence-electron chi connectivity index (χ1n) is 5.41. The Bertz CT molecular complexity index is 398. The predicted octanol–water partition coefficient (Wildman–Crippen LogP) is 0.640. The molecule has 0 fully saturated rings. The van der Waals surface area contributed by atoms with Gasteiger partial charge in [0.15, 0.2) is 0 Å². The molecular weight excluding hydrogens is 238 g/mol. The minimum absolute atomic E-state index is 0.178. The Kier molecular flexibility index (Phi) is 5.30. The number of hydrazine groups is 1. The highest BCUT2D eigenvalue weighted by molar-refractivity contribution is 7.84. The molecule has 0 aliphatic rings. The number of nitrogens with two attached hydrogens (primary N) is 1. The van der Waals surface area contributed by atoms with Crippen LogP contribution < -0.4 is 16.6 Å². The molecule has 1 rings (SSSR count). The lowest BCUT2D eigenvalue weighted by Crippen LogP contribution is -2.16. The van der Waals surface area contributed by atoms with Crippen molar-refractivity contribution in [3.8, 4) is 0 Å². The highest BCUT2D eigenvalue weighted by Gasteiger charge is 2.06. The first-order chi connectivity index (χ1) is 8.02. The molecule has 7 heteroatoms. The Balaban J connectivity index is 2.51. The van der Waals surface area contributed by atoms with E-state index in [4.69, 9.17) is 5.84 Å². The fourth-order valence-corrected chi connectivity index (χ4v) is 1.74. The smallest absolute Gasteiger partial charge is 0.239 e. The van der Waals surface area contributed by atoms with E-state index in [0.29, 0.717) is 5.95 Å². The maximum atomic E-state index is 11.2. The third-order valence-corrected chi connectivity index (χ3v) is 3.78. The van der Waals surface area contributed by atoms with Crippen LogP contribution in [0.2, 0.25) is 0 Å². The number of aromatic nitrogens is 2. The maximum Gasteiger partial charge on any atom is 0.239 e. The van der Waals surface area contributed by atoms with Gasteiger partial charge in [-0.05, 0) is 13.3 Å². The van der Waals surface area contributed by atoms with Crippen molar-refractivity contribution in [1.29, 1.82) is 0 Å². The minimum atomic E-state index is -0.784. The Morgan fingerprint density at radius 1 is 1.53 bits per heavy atom. The van der Waals surface area contributed by atoms with Crippen LogP contribution in [0.1, 0.15) is 19.0 Å². The predicted molar refractivity (Wildman–Crippen MR) is 71.2 cm³/mol. The number of hydrogen-bond acceptors (Lipinski definition) is 6. The second-order valence-corrected chi connectivity index (χ2v) is 5.69. The quantitative estimate of drug-likeness (QED) is 0.511. The molecule has 0 spiro atoms. The molecule has 0 bridgehead atoms. The van der Waals surface area contributed by atoms with Crippen LogP contribution in [0.4, 0.5) is 11.8 Å². The summed E-state index contributed by atoms with van der Waals surface area (Å²) in [6.07, 6.45) is 2.55. The molecule has 1 heterocycles. The zero-order valence-corrected chi connectivity index (χ0v) is 11.2. The molecule has 2 unspecified atom stereocenters. The lowest BCUT2D eigenvalue weighted by atomic mass is 10.3. The summed E-state index contributed by atoms with van der Waals surface area (Å²) < 4.78 is 11.2. The van der Waals surface area contributed by atoms with Gasteiger partial charge >= 0.3 is 0 Å². The lowest BCUT2D eigenvalue weighted by molar-refractivity contribution is 0.672. The maximum absolute atomic E-state index is 11.2. The molecule has 0 aromatic carbocycles. The number of aryl methyl sites for hydroxylation is 1. The molecule has 96 valence electrons. The molecule has 17 heavy (non-hydrogen) atoms. The Hall–Kier alpha value is -1.21. The molecule has 0 radical (unpaired) electrons. The topological polar surface area (TPSA) is 92.9 Å². The molecule has 0 saturated carbocycles. The zero-order chi connectivity index (χ0) is 12.8. The van der Waals surface area contributed by atoms with Gasteiger partial charge in [0.25, 0.3) is 0 Å². The highest BCUT2D eigenvalue weighted by atomic mass is 32.2. The second kappa shape index (κ2) is 6.51. The van der Waals surface area contributed by atoms with Gasteiger partial charge in [-0.15, -0.1) is 0 Å². The molecule has 1 aromatic heterocycles. The third-order valence-electron chi connectivity index (χ3n) is 2.41. The molecule has 0 aliphatic carbocycles. The third kappa shape index (κ3) is 4.66. The van der Waals surface area contributed by atoms with Gasteiger partial charge in [-0.3, -0.25) is 9.63 Å². The summed E-state index contributed by atoms with van der Waals surface area (Å²) in [5, 5.41) is 3.34. The summed E-state index contributed by atoms with van der Waals surface area (Å²) in [4.78, 5) is 8.25. The Morgan fingerprint density at radius 2 is 2.24 bits per heavy atom. The molecule has 1 aromatic rings. The fourth-order valence-electron chi connectivity index (χ4n) is 1.29. The Morgan fingerprint density at radius 3 is 2.82 bits per heavy atom. The van der Waals surface area contributed by atoms with Crippen LogP contribution in [0.25, 0.3) is 0 Å². The lowest BCUT2D eigenvalue weighted by Gasteiger charge is -2.10. The van der Waals surface area contributed by atoms with Crippen molar-refractivity contribution in [2.75, 3.05) is 23.5 Å². The normalized spacial score (nSPS) is 14.1. The summed E-state index contributed by atoms with van der Waals surface area (Å²) in [6.45, 7) is 4.56. The van der Waals surface area contributed by atoms with E-state index in [2.05, 4.69) is 20.7 Å². The second-order valence-electron chi connectivity index (χ2n) is 3.89. The van der Waals surface area contributed by atoms with E-state index < -0.39 is 10.8 Å². The molecule has 2 atom stereocenters. The number of hydrogen-bond donors (Lipinski definition) is 3. The summed E-state index contributed by atoms with van der Waals surface area (Å²) in [5.74, 6) is 6.37. The van der Waals surface area contributed by atoms with Crippen molar-refractivity contribution in [2.45, 2.75) is 25.5 Å². The van der Waals surface area contributed by atoms with Gasteiger partial charge in [-0.1, -0.05) is 6.92 Å². The van der Waals surface area contributed by atoms with Gasteiger partial charge in [0, 0.05) is 40.6 Å². The number of rotatable bonds is 6. The van der Waals surface area contributed by atoms with Gasteiger partial charge in [-0.2, -0.15) is 4.98 Å². The summed E-state index contributed by atoms with van der Waals surface area (Å²) in [7, 11) is -0.784. The van der Waals surface area contributed by atoms with Crippen molar-refractivity contribution in [2.24, 2.45) is 5.84 Å². The molecular formula is C10H19N5OS. The molecule has 0 saturated heterocycles. The van der Waals surface area contributed by atoms with Crippen LogP contribution in [0.15, 0.2) is 6.07 Å². The molecule has 4 N–H and O–H groups in total. The van der Waals surface area contributed by atoms with Gasteiger partial charge in [-0.25, -0.2) is 10.8 Å². The van der Waals surface area contributed by atoms with Crippen LogP contribution >= 0.6 is 0 Å². The van der Waals surface area contributed by atoms with Crippen LogP contribution in [-0.2, 0) is 10.8 Å². The number of anilines is 2. The first kappa shape index (κ1) is 13.9. The SMILES string of the molecule is Cc1cc(NCCC(C)S(C)=O)nc(NN)n1. The zero-order valence-electron chi connectivity index (χ0n) is 10.4. The van der Waals surface area contributed by atoms with E-state index in [1.165, 1.54) is 0 Å². The van der Waals surface area contributed by atoms with E-state index in [1.54, 1.807) is 6.26 Å². The van der Waals surface area contributed by atoms with Crippen molar-refractivity contribution in [3.05, 3.63) is 11.8 Å². The Labute approximate surface area is 104 Å². The van der Waals surface area contributed by atoms with E-state index in [0.717, 1.165) is 24.5 Å². The molecule has 0 aliphatic heterocycles. The minimum Gasteiger partial charge on any atom is -0.370 e. The fraction of sp³-hybridized carbons (Fsp3) is 0.600. The van der Waals surface area contributed by atoms with Crippen LogP contribution in [0.3, 0.4) is 0 Å². The van der Waals surface area contributed by atoms with E-state index in [1.807, 2.05) is 19.9 Å². The average Bonchev–Trinajstić information content (AvgIpc) is 2.27. The summed E-state index contributed by atoms with van der Waals surface area (Å²) in [5.41, 5.74) is 3.25. The number of nitrogens with one attached hydrogen (secondary N) is 2.